The molecule has 0 radical (unpaired) electrons. The Bertz CT molecular complexity index is 3900. The van der Waals surface area contributed by atoms with Gasteiger partial charge in [-0.1, -0.05) is 24.3 Å². The topological polar surface area (TPSA) is 445 Å². The zero-order valence-corrected chi connectivity index (χ0v) is 39.0. The molecule has 0 aliphatic heterocycles. The van der Waals surface area contributed by atoms with Crippen molar-refractivity contribution in [3.63, 3.8) is 0 Å². The van der Waals surface area contributed by atoms with Crippen LogP contribution in [-0.2, 0) is 57.8 Å². The van der Waals surface area contributed by atoms with Crippen LogP contribution in [0.4, 0.5) is 34.1 Å². The summed E-state index contributed by atoms with van der Waals surface area (Å²) in [6, 6.07) is 18.5. The standard InChI is InChI=1S/2C20H13N3O10S2.Cr/c2*24-16-6-1-10-7-12(34(28,29)30)3-5-13(10)19(16)21-22-20-14-4-2-11(23(26)27)8-15(14)18(9-17(20)25)35(31,32)33;/h2*1-9,24-25H,(H,28,29,30)(H,31,32,33);/p+1. The second-order valence-electron chi connectivity index (χ2n) is 14.3. The number of non-ortho nitro benzene ring substituents is 2. The number of azo groups is 2. The summed E-state index contributed by atoms with van der Waals surface area (Å²) in [5.74, 6) is -2.39. The molecule has 8 aromatic rings. The van der Waals surface area contributed by atoms with E-state index in [0.717, 1.165) is 72.8 Å². The van der Waals surface area contributed by atoms with Gasteiger partial charge in [-0.3, -0.25) is 20.2 Å². The Hall–Kier alpha value is -7.83. The van der Waals surface area contributed by atoms with Crippen LogP contribution in [0.1, 0.15) is 7.13 Å². The first kappa shape index (κ1) is 52.5. The van der Waals surface area contributed by atoms with Crippen molar-refractivity contribution in [1.82, 2.24) is 0 Å². The van der Waals surface area contributed by atoms with Crippen LogP contribution in [0.5, 0.6) is 23.0 Å². The molecule has 0 saturated carbocycles. The monoisotopic (exact) mass is 1090 g/mol. The van der Waals surface area contributed by atoms with E-state index in [9.17, 15) is 92.5 Å². The molecule has 0 amide bonds. The first-order chi connectivity index (χ1) is 32.5. The molecule has 31 heteroatoms. The molecular formula is C40H27CrN6O20S4+. The molecule has 0 bridgehead atoms. The number of nitrogens with zero attached hydrogens (tertiary/aromatic N) is 6. The van der Waals surface area contributed by atoms with Gasteiger partial charge in [0.15, 0.2) is 0 Å². The minimum atomic E-state index is -5.15. The summed E-state index contributed by atoms with van der Waals surface area (Å²) in [5, 5.41) is 78.6. The molecule has 0 aromatic heterocycles. The summed E-state index contributed by atoms with van der Waals surface area (Å²) in [5.41, 5.74) is -2.15. The molecule has 8 aromatic carbocycles. The van der Waals surface area contributed by atoms with Gasteiger partial charge in [0.1, 0.15) is 86.2 Å². The van der Waals surface area contributed by atoms with E-state index in [1.807, 2.05) is 0 Å². The summed E-state index contributed by atoms with van der Waals surface area (Å²) >= 11 is 0. The Labute approximate surface area is 415 Å². The number of aromatic hydroxyl groups is 4. The fraction of sp³-hybridized carbons (Fsp3) is 0. The average Bonchev–Trinajstić information content (AvgIpc) is 3.27. The quantitative estimate of drug-likeness (QED) is 0.0442. The molecule has 366 valence electrons. The number of hydrogen-bond donors (Lipinski definition) is 4. The van der Waals surface area contributed by atoms with E-state index in [2.05, 4.69) is 20.5 Å². The number of fused-ring (bicyclic) bond motifs is 4. The molecule has 71 heavy (non-hydrogen) atoms. The smallest absolute Gasteiger partial charge is 0.744 e. The second kappa shape index (κ2) is 19.2. The van der Waals surface area contributed by atoms with E-state index in [4.69, 9.17) is 0 Å². The van der Waals surface area contributed by atoms with Crippen molar-refractivity contribution in [2.24, 2.45) is 20.5 Å². The summed E-state index contributed by atoms with van der Waals surface area (Å²) in [6.45, 7) is 0. The molecule has 0 atom stereocenters. The van der Waals surface area contributed by atoms with Crippen LogP contribution in [0.3, 0.4) is 0 Å². The first-order valence-corrected chi connectivity index (χ1v) is 24.2. The number of benzene rings is 8. The molecule has 0 fully saturated rings. The van der Waals surface area contributed by atoms with Crippen LogP contribution in [-0.4, -0.2) is 82.2 Å². The van der Waals surface area contributed by atoms with Crippen LogP contribution < -0.4 is 0 Å². The molecule has 26 nitrogen and oxygen atoms in total. The van der Waals surface area contributed by atoms with Gasteiger partial charge in [0, 0.05) is 86.1 Å². The zero-order chi connectivity index (χ0) is 51.4. The summed E-state index contributed by atoms with van der Waals surface area (Å²) < 4.78 is 138. The second-order valence-corrected chi connectivity index (χ2v) is 19.8. The maximum atomic E-state index is 11.7. The van der Waals surface area contributed by atoms with E-state index in [0.29, 0.717) is 12.1 Å². The van der Waals surface area contributed by atoms with Crippen LogP contribution in [0.15, 0.2) is 149 Å². The first-order valence-electron chi connectivity index (χ1n) is 18.6. The van der Waals surface area contributed by atoms with Crippen molar-refractivity contribution in [2.75, 3.05) is 0 Å². The maximum Gasteiger partial charge on any atom is 1.00 e. The van der Waals surface area contributed by atoms with Gasteiger partial charge < -0.3 is 38.6 Å². The van der Waals surface area contributed by atoms with Gasteiger partial charge in [0.25, 0.3) is 11.4 Å². The fourth-order valence-corrected chi connectivity index (χ4v) is 9.23. The molecule has 0 aliphatic carbocycles. The van der Waals surface area contributed by atoms with Crippen molar-refractivity contribution in [3.05, 3.63) is 129 Å². The van der Waals surface area contributed by atoms with Crippen molar-refractivity contribution >= 4 is 118 Å². The van der Waals surface area contributed by atoms with Crippen molar-refractivity contribution in [1.29, 1.82) is 0 Å². The van der Waals surface area contributed by atoms with Gasteiger partial charge in [0.05, 0.1) is 29.4 Å². The van der Waals surface area contributed by atoms with Gasteiger partial charge >= 0.3 is 7.13 Å². The van der Waals surface area contributed by atoms with Crippen molar-refractivity contribution in [3.8, 4) is 23.0 Å². The SMILES string of the molecule is O=[N+]([O-])c1ccc2c(N=Nc3c(O)ccc4cc(S(=O)(=O)[O-])ccc34)c(O)cc(S(=O)(=O)[O-])c2c1.O=[N+]([O-])c1ccc2c(N=Nc3c(O)ccc4cc(S(=O)(=O)[O-])ccc34)c(O)cc(S(=O)(=O)[O-])c2c1.[Cr].[H+].[H+].[H+].[H+].[H+]. The van der Waals surface area contributed by atoms with E-state index >= 15 is 0 Å². The normalized spacial score (nSPS) is 12.3. The summed E-state index contributed by atoms with van der Waals surface area (Å²) in [4.78, 5) is 17.8. The van der Waals surface area contributed by atoms with E-state index < -0.39 is 104 Å². The van der Waals surface area contributed by atoms with Crippen LogP contribution in [0.2, 0.25) is 0 Å². The molecule has 0 heterocycles. The molecular weight excluding hydrogens is 1060 g/mol. The Kier molecular flexibility index (Phi) is 14.2. The Morgan fingerprint density at radius 2 is 0.690 bits per heavy atom. The zero-order valence-electron chi connectivity index (χ0n) is 39.4. The predicted molar refractivity (Wildman–Crippen MR) is 242 cm³/mol. The molecule has 4 N–H and O–H groups in total. The largest absolute Gasteiger partial charge is 1.00 e. The maximum absolute atomic E-state index is 11.7. The Balaban J connectivity index is 0.000000704. The van der Waals surface area contributed by atoms with Crippen molar-refractivity contribution < 1.29 is 107 Å². The van der Waals surface area contributed by atoms with Gasteiger partial charge in [-0.2, -0.15) is 0 Å². The number of phenolic OH excluding ortho intramolecular Hbond substituents is 4. The minimum absolute atomic E-state index is 0. The third-order valence-electron chi connectivity index (χ3n) is 9.99. The third kappa shape index (κ3) is 10.8. The summed E-state index contributed by atoms with van der Waals surface area (Å²) in [7, 11) is -19.8. The van der Waals surface area contributed by atoms with Crippen LogP contribution in [0, 0.1) is 20.2 Å². The molecule has 0 aliphatic rings. The fourth-order valence-electron chi connectivity index (χ4n) is 6.83. The predicted octanol–water partition coefficient (Wildman–Crippen LogP) is 7.63. The molecule has 0 spiro atoms. The van der Waals surface area contributed by atoms with E-state index in [1.54, 1.807) is 0 Å². The van der Waals surface area contributed by atoms with E-state index in [-0.39, 0.29) is 90.3 Å². The number of nitro benzene ring substituents is 2. The number of hydrogen-bond acceptors (Lipinski definition) is 24. The van der Waals surface area contributed by atoms with Crippen molar-refractivity contribution in [2.45, 2.75) is 19.6 Å². The minimum Gasteiger partial charge on any atom is -0.744 e. The molecule has 0 saturated heterocycles. The Morgan fingerprint density at radius 1 is 0.380 bits per heavy atom. The number of nitro groups is 2. The van der Waals surface area contributed by atoms with E-state index in [1.165, 1.54) is 24.3 Å². The number of rotatable bonds is 10. The van der Waals surface area contributed by atoms with Crippen LogP contribution >= 0.6 is 0 Å². The van der Waals surface area contributed by atoms with Gasteiger partial charge in [-0.15, -0.1) is 20.5 Å². The third-order valence-corrected chi connectivity index (χ3v) is 13.4. The average molecular weight is 1090 g/mol. The Morgan fingerprint density at radius 3 is 0.986 bits per heavy atom. The number of phenols is 4. The van der Waals surface area contributed by atoms with Gasteiger partial charge in [-0.25, -0.2) is 33.7 Å². The summed E-state index contributed by atoms with van der Waals surface area (Å²) in [6.07, 6.45) is 0. The van der Waals surface area contributed by atoms with Gasteiger partial charge in [-0.05, 0) is 59.3 Å². The van der Waals surface area contributed by atoms with Crippen LogP contribution in [0.25, 0.3) is 43.1 Å². The molecule has 8 rings (SSSR count). The molecule has 0 unspecified atom stereocenters. The van der Waals surface area contributed by atoms with Gasteiger partial charge in [0.2, 0.25) is 0 Å².